The van der Waals surface area contributed by atoms with E-state index < -0.39 is 0 Å². The third-order valence-corrected chi connectivity index (χ3v) is 3.07. The zero-order valence-corrected chi connectivity index (χ0v) is 9.53. The molecule has 0 aromatic heterocycles. The Bertz CT molecular complexity index is 413. The third-order valence-electron chi connectivity index (χ3n) is 3.07. The van der Waals surface area contributed by atoms with Gasteiger partial charge in [0.1, 0.15) is 5.75 Å². The zero-order valence-electron chi connectivity index (χ0n) is 9.53. The molecule has 1 aliphatic rings. The van der Waals surface area contributed by atoms with Gasteiger partial charge in [0, 0.05) is 25.7 Å². The van der Waals surface area contributed by atoms with Gasteiger partial charge < -0.3 is 15.3 Å². The van der Waals surface area contributed by atoms with Crippen LogP contribution in [0.15, 0.2) is 18.2 Å². The van der Waals surface area contributed by atoms with Crippen molar-refractivity contribution in [2.75, 3.05) is 20.1 Å². The van der Waals surface area contributed by atoms with Crippen LogP contribution in [0.4, 0.5) is 0 Å². The Kier molecular flexibility index (Phi) is 2.83. The molecule has 4 heteroatoms. The number of nitrogens with zero attached hydrogens (tertiary/aromatic N) is 1. The van der Waals surface area contributed by atoms with Crippen molar-refractivity contribution < 1.29 is 9.90 Å². The maximum Gasteiger partial charge on any atom is 0.253 e. The van der Waals surface area contributed by atoms with Gasteiger partial charge in [-0.1, -0.05) is 0 Å². The molecule has 2 N–H and O–H groups in total. The normalized spacial score (nSPS) is 15.6. The fourth-order valence-electron chi connectivity index (χ4n) is 1.71. The van der Waals surface area contributed by atoms with Crippen molar-refractivity contribution in [1.29, 1.82) is 0 Å². The minimum absolute atomic E-state index is 0.00889. The van der Waals surface area contributed by atoms with E-state index in [2.05, 4.69) is 5.32 Å². The lowest BCUT2D eigenvalue weighted by Gasteiger charge is -2.35. The predicted molar refractivity (Wildman–Crippen MR) is 61.6 cm³/mol. The first-order valence-electron chi connectivity index (χ1n) is 5.37. The largest absolute Gasteiger partial charge is 0.508 e. The molecule has 1 fully saturated rings. The standard InChI is InChI=1S/C12H16N2O2/c1-8-5-9(3-4-11(8)15)12(16)14(2)10-6-13-7-10/h3-5,10,13,15H,6-7H2,1-2H3. The lowest BCUT2D eigenvalue weighted by Crippen LogP contribution is -2.57. The number of carbonyl (C=O) groups excluding carboxylic acids is 1. The van der Waals surface area contributed by atoms with Gasteiger partial charge in [-0.3, -0.25) is 4.79 Å². The van der Waals surface area contributed by atoms with E-state index in [0.29, 0.717) is 11.6 Å². The number of carbonyl (C=O) groups is 1. The molecule has 16 heavy (non-hydrogen) atoms. The molecule has 0 spiro atoms. The highest BCUT2D eigenvalue weighted by molar-refractivity contribution is 5.94. The first-order valence-corrected chi connectivity index (χ1v) is 5.37. The topological polar surface area (TPSA) is 52.6 Å². The summed E-state index contributed by atoms with van der Waals surface area (Å²) in [5.41, 5.74) is 1.36. The summed E-state index contributed by atoms with van der Waals surface area (Å²) in [6.07, 6.45) is 0. The molecule has 0 bridgehead atoms. The number of rotatable bonds is 2. The van der Waals surface area contributed by atoms with Gasteiger partial charge in [-0.05, 0) is 30.7 Å². The van der Waals surface area contributed by atoms with Crippen molar-refractivity contribution in [3.05, 3.63) is 29.3 Å². The van der Waals surface area contributed by atoms with Gasteiger partial charge in [0.15, 0.2) is 0 Å². The molecular weight excluding hydrogens is 204 g/mol. The highest BCUT2D eigenvalue weighted by atomic mass is 16.3. The number of phenols is 1. The Morgan fingerprint density at radius 2 is 2.19 bits per heavy atom. The molecule has 1 saturated heterocycles. The predicted octanol–water partition coefficient (Wildman–Crippen LogP) is 0.744. The van der Waals surface area contributed by atoms with E-state index in [1.165, 1.54) is 0 Å². The second-order valence-corrected chi connectivity index (χ2v) is 4.23. The Balaban J connectivity index is 2.16. The second-order valence-electron chi connectivity index (χ2n) is 4.23. The van der Waals surface area contributed by atoms with Crippen molar-refractivity contribution in [1.82, 2.24) is 10.2 Å². The summed E-state index contributed by atoms with van der Waals surface area (Å²) < 4.78 is 0. The Morgan fingerprint density at radius 1 is 1.50 bits per heavy atom. The number of likely N-dealkylation sites (N-methyl/N-ethyl adjacent to an activating group) is 1. The van der Waals surface area contributed by atoms with Crippen molar-refractivity contribution >= 4 is 5.91 Å². The second kappa shape index (κ2) is 4.14. The van der Waals surface area contributed by atoms with Gasteiger partial charge in [-0.25, -0.2) is 0 Å². The van der Waals surface area contributed by atoms with E-state index in [1.54, 1.807) is 30.0 Å². The first-order chi connectivity index (χ1) is 7.59. The highest BCUT2D eigenvalue weighted by Crippen LogP contribution is 2.18. The SMILES string of the molecule is Cc1cc(C(=O)N(C)C2CNC2)ccc1O. The third kappa shape index (κ3) is 1.88. The summed E-state index contributed by atoms with van der Waals surface area (Å²) in [6, 6.07) is 5.24. The van der Waals surface area contributed by atoms with Crippen molar-refractivity contribution in [3.63, 3.8) is 0 Å². The minimum Gasteiger partial charge on any atom is -0.508 e. The molecule has 2 rings (SSSR count). The van der Waals surface area contributed by atoms with Crippen molar-refractivity contribution in [2.45, 2.75) is 13.0 Å². The number of nitrogens with one attached hydrogen (secondary N) is 1. The van der Waals surface area contributed by atoms with E-state index in [1.807, 2.05) is 7.05 Å². The average molecular weight is 220 g/mol. The van der Waals surface area contributed by atoms with Crippen LogP contribution in [0.1, 0.15) is 15.9 Å². The van der Waals surface area contributed by atoms with Crippen LogP contribution in [-0.4, -0.2) is 42.1 Å². The monoisotopic (exact) mass is 220 g/mol. The van der Waals surface area contributed by atoms with Gasteiger partial charge in [-0.2, -0.15) is 0 Å². The Hall–Kier alpha value is -1.55. The number of hydrogen-bond acceptors (Lipinski definition) is 3. The molecule has 0 atom stereocenters. The quantitative estimate of drug-likeness (QED) is 0.773. The molecule has 0 radical (unpaired) electrons. The molecule has 4 nitrogen and oxygen atoms in total. The average Bonchev–Trinajstić information content (AvgIpc) is 2.18. The van der Waals surface area contributed by atoms with Crippen molar-refractivity contribution in [2.24, 2.45) is 0 Å². The van der Waals surface area contributed by atoms with E-state index in [-0.39, 0.29) is 11.7 Å². The van der Waals surface area contributed by atoms with Gasteiger partial charge in [0.2, 0.25) is 0 Å². The maximum absolute atomic E-state index is 12.1. The molecule has 1 aromatic rings. The van der Waals surface area contributed by atoms with E-state index >= 15 is 0 Å². The molecule has 1 aliphatic heterocycles. The molecule has 1 heterocycles. The zero-order chi connectivity index (χ0) is 11.7. The Labute approximate surface area is 94.9 Å². The summed E-state index contributed by atoms with van der Waals surface area (Å²) in [5, 5.41) is 12.5. The summed E-state index contributed by atoms with van der Waals surface area (Å²) >= 11 is 0. The molecule has 0 unspecified atom stereocenters. The summed E-state index contributed by atoms with van der Waals surface area (Å²) in [4.78, 5) is 13.8. The van der Waals surface area contributed by atoms with Gasteiger partial charge >= 0.3 is 0 Å². The van der Waals surface area contributed by atoms with Crippen LogP contribution in [-0.2, 0) is 0 Å². The first kappa shape index (κ1) is 11.0. The van der Waals surface area contributed by atoms with E-state index in [9.17, 15) is 9.90 Å². The summed E-state index contributed by atoms with van der Waals surface area (Å²) in [7, 11) is 1.82. The van der Waals surface area contributed by atoms with Gasteiger partial charge in [-0.15, -0.1) is 0 Å². The van der Waals surface area contributed by atoms with Crippen LogP contribution in [0, 0.1) is 6.92 Å². The van der Waals surface area contributed by atoms with E-state index in [4.69, 9.17) is 0 Å². The van der Waals surface area contributed by atoms with Gasteiger partial charge in [0.05, 0.1) is 6.04 Å². The molecule has 0 saturated carbocycles. The molecule has 1 amide bonds. The lowest BCUT2D eigenvalue weighted by molar-refractivity contribution is 0.0681. The van der Waals surface area contributed by atoms with Gasteiger partial charge in [0.25, 0.3) is 5.91 Å². The number of hydrogen-bond donors (Lipinski definition) is 2. The summed E-state index contributed by atoms with van der Waals surface area (Å²) in [6.45, 7) is 3.51. The van der Waals surface area contributed by atoms with Crippen LogP contribution in [0.3, 0.4) is 0 Å². The number of amides is 1. The fourth-order valence-corrected chi connectivity index (χ4v) is 1.71. The fraction of sp³-hybridized carbons (Fsp3) is 0.417. The van der Waals surface area contributed by atoms with E-state index in [0.717, 1.165) is 18.7 Å². The number of aromatic hydroxyl groups is 1. The lowest BCUT2D eigenvalue weighted by atomic mass is 10.1. The van der Waals surface area contributed by atoms with Crippen LogP contribution < -0.4 is 5.32 Å². The molecule has 86 valence electrons. The minimum atomic E-state index is 0.00889. The highest BCUT2D eigenvalue weighted by Gasteiger charge is 2.26. The van der Waals surface area contributed by atoms with Crippen LogP contribution in [0.5, 0.6) is 5.75 Å². The molecular formula is C12H16N2O2. The van der Waals surface area contributed by atoms with Crippen molar-refractivity contribution in [3.8, 4) is 5.75 Å². The molecule has 1 aromatic carbocycles. The smallest absolute Gasteiger partial charge is 0.253 e. The Morgan fingerprint density at radius 3 is 2.69 bits per heavy atom. The number of benzene rings is 1. The molecule has 0 aliphatic carbocycles. The van der Waals surface area contributed by atoms with Crippen LogP contribution in [0.25, 0.3) is 0 Å². The summed E-state index contributed by atoms with van der Waals surface area (Å²) in [5.74, 6) is 0.235. The maximum atomic E-state index is 12.1. The number of phenolic OH excluding ortho intramolecular Hbond substituents is 1. The van der Waals surface area contributed by atoms with Crippen LogP contribution in [0.2, 0.25) is 0 Å². The van der Waals surface area contributed by atoms with Crippen LogP contribution >= 0.6 is 0 Å². The number of aryl methyl sites for hydroxylation is 1.